The highest BCUT2D eigenvalue weighted by atomic mass is 35.5. The Morgan fingerprint density at radius 1 is 1.08 bits per heavy atom. The van der Waals surface area contributed by atoms with Crippen molar-refractivity contribution >= 4 is 18.3 Å². The first-order valence-corrected chi connectivity index (χ1v) is 10.2. The van der Waals surface area contributed by atoms with Crippen molar-refractivity contribution in [3.05, 3.63) is 0 Å². The fourth-order valence-electron chi connectivity index (χ4n) is 4.80. The Kier molecular flexibility index (Phi) is 7.87. The number of carbonyl (C=O) groups is 1. The van der Waals surface area contributed by atoms with Crippen LogP contribution in [0.1, 0.15) is 78.1 Å². The molecule has 1 saturated heterocycles. The normalized spacial score (nSPS) is 31.8. The van der Waals surface area contributed by atoms with E-state index in [-0.39, 0.29) is 12.4 Å². The van der Waals surface area contributed by atoms with Crippen LogP contribution in [0.3, 0.4) is 0 Å². The molecule has 4 heteroatoms. The SMILES string of the molecule is CCC1CCC(N(C(=O)CC(C)C2CCCNC2)C2CC2)CC1.Cl. The lowest BCUT2D eigenvalue weighted by Gasteiger charge is -2.38. The Balaban J connectivity index is 0.00000208. The van der Waals surface area contributed by atoms with Gasteiger partial charge in [0, 0.05) is 18.5 Å². The smallest absolute Gasteiger partial charge is 0.223 e. The first kappa shape index (κ1) is 20.0. The first-order chi connectivity index (χ1) is 11.2. The number of halogens is 1. The second-order valence-electron chi connectivity index (χ2n) is 8.40. The summed E-state index contributed by atoms with van der Waals surface area (Å²) in [5.41, 5.74) is 0. The van der Waals surface area contributed by atoms with E-state index in [9.17, 15) is 4.79 Å². The van der Waals surface area contributed by atoms with Crippen LogP contribution in [0.2, 0.25) is 0 Å². The van der Waals surface area contributed by atoms with Crippen molar-refractivity contribution < 1.29 is 4.79 Å². The van der Waals surface area contributed by atoms with E-state index in [0.29, 0.717) is 29.8 Å². The molecular weight excluding hydrogens is 320 g/mol. The fourth-order valence-corrected chi connectivity index (χ4v) is 4.80. The molecule has 3 aliphatic rings. The highest BCUT2D eigenvalue weighted by molar-refractivity contribution is 5.85. The van der Waals surface area contributed by atoms with Crippen LogP contribution in [0.15, 0.2) is 0 Å². The number of nitrogens with one attached hydrogen (secondary N) is 1. The topological polar surface area (TPSA) is 32.3 Å². The summed E-state index contributed by atoms with van der Waals surface area (Å²) in [4.78, 5) is 15.4. The number of carbonyl (C=O) groups excluding carboxylic acids is 1. The Labute approximate surface area is 154 Å². The van der Waals surface area contributed by atoms with Gasteiger partial charge in [0.2, 0.25) is 5.91 Å². The molecule has 1 N–H and O–H groups in total. The minimum absolute atomic E-state index is 0. The van der Waals surface area contributed by atoms with Crippen molar-refractivity contribution in [1.82, 2.24) is 10.2 Å². The van der Waals surface area contributed by atoms with Crippen molar-refractivity contribution in [2.75, 3.05) is 13.1 Å². The Morgan fingerprint density at radius 3 is 2.21 bits per heavy atom. The highest BCUT2D eigenvalue weighted by Gasteiger charge is 2.39. The summed E-state index contributed by atoms with van der Waals surface area (Å²) in [5.74, 6) is 2.60. The van der Waals surface area contributed by atoms with Crippen LogP contribution in [-0.4, -0.2) is 36.0 Å². The Morgan fingerprint density at radius 2 is 1.71 bits per heavy atom. The summed E-state index contributed by atoms with van der Waals surface area (Å²) in [7, 11) is 0. The van der Waals surface area contributed by atoms with Gasteiger partial charge in [-0.1, -0.05) is 20.3 Å². The third kappa shape index (κ3) is 5.11. The van der Waals surface area contributed by atoms with E-state index in [2.05, 4.69) is 24.1 Å². The van der Waals surface area contributed by atoms with Gasteiger partial charge in [-0.25, -0.2) is 0 Å². The molecule has 140 valence electrons. The highest BCUT2D eigenvalue weighted by Crippen LogP contribution is 2.37. The second kappa shape index (κ2) is 9.43. The van der Waals surface area contributed by atoms with Gasteiger partial charge in [-0.15, -0.1) is 12.4 Å². The van der Waals surface area contributed by atoms with Crippen LogP contribution in [-0.2, 0) is 4.79 Å². The lowest BCUT2D eigenvalue weighted by molar-refractivity contribution is -0.136. The third-order valence-electron chi connectivity index (χ3n) is 6.65. The summed E-state index contributed by atoms with van der Waals surface area (Å²) < 4.78 is 0. The molecule has 2 aliphatic carbocycles. The summed E-state index contributed by atoms with van der Waals surface area (Å²) in [6, 6.07) is 1.14. The van der Waals surface area contributed by atoms with Crippen molar-refractivity contribution in [2.24, 2.45) is 17.8 Å². The van der Waals surface area contributed by atoms with Gasteiger partial charge in [0.1, 0.15) is 0 Å². The first-order valence-electron chi connectivity index (χ1n) is 10.2. The van der Waals surface area contributed by atoms with Crippen molar-refractivity contribution in [1.29, 1.82) is 0 Å². The minimum Gasteiger partial charge on any atom is -0.337 e. The zero-order chi connectivity index (χ0) is 16.2. The van der Waals surface area contributed by atoms with E-state index in [1.54, 1.807) is 0 Å². The van der Waals surface area contributed by atoms with E-state index in [0.717, 1.165) is 25.4 Å². The van der Waals surface area contributed by atoms with Crippen molar-refractivity contribution in [2.45, 2.75) is 90.1 Å². The van der Waals surface area contributed by atoms with Gasteiger partial charge in [0.05, 0.1) is 0 Å². The van der Waals surface area contributed by atoms with Crippen LogP contribution < -0.4 is 5.32 Å². The standard InChI is InChI=1S/C20H36N2O.ClH/c1-3-16-6-8-18(9-7-16)22(19-10-11-19)20(23)13-15(2)17-5-4-12-21-14-17;/h15-19,21H,3-14H2,1-2H3;1H. The van der Waals surface area contributed by atoms with Crippen molar-refractivity contribution in [3.8, 4) is 0 Å². The van der Waals surface area contributed by atoms with Gasteiger partial charge in [0.25, 0.3) is 0 Å². The maximum absolute atomic E-state index is 13.0. The maximum atomic E-state index is 13.0. The molecule has 0 bridgehead atoms. The van der Waals surface area contributed by atoms with Crippen LogP contribution >= 0.6 is 12.4 Å². The van der Waals surface area contributed by atoms with Crippen LogP contribution in [0.5, 0.6) is 0 Å². The summed E-state index contributed by atoms with van der Waals surface area (Å²) in [6.45, 7) is 6.88. The molecule has 3 nitrogen and oxygen atoms in total. The molecule has 3 rings (SSSR count). The van der Waals surface area contributed by atoms with Crippen LogP contribution in [0, 0.1) is 17.8 Å². The number of amides is 1. The number of rotatable bonds is 6. The van der Waals surface area contributed by atoms with Gasteiger partial charge in [-0.3, -0.25) is 4.79 Å². The molecule has 0 spiro atoms. The molecule has 1 amide bonds. The summed E-state index contributed by atoms with van der Waals surface area (Å²) >= 11 is 0. The largest absolute Gasteiger partial charge is 0.337 e. The molecule has 3 fully saturated rings. The lowest BCUT2D eigenvalue weighted by Crippen LogP contribution is -2.45. The van der Waals surface area contributed by atoms with Crippen molar-refractivity contribution in [3.63, 3.8) is 0 Å². The quantitative estimate of drug-likeness (QED) is 0.765. The van der Waals surface area contributed by atoms with Gasteiger partial charge < -0.3 is 10.2 Å². The number of piperidine rings is 1. The summed E-state index contributed by atoms with van der Waals surface area (Å²) in [6.07, 6.45) is 12.3. The number of hydrogen-bond acceptors (Lipinski definition) is 2. The fraction of sp³-hybridized carbons (Fsp3) is 0.950. The number of hydrogen-bond donors (Lipinski definition) is 1. The Bertz CT molecular complexity index is 385. The third-order valence-corrected chi connectivity index (χ3v) is 6.65. The predicted molar refractivity (Wildman–Crippen MR) is 103 cm³/mol. The molecular formula is C20H37ClN2O. The Hall–Kier alpha value is -0.280. The van der Waals surface area contributed by atoms with E-state index < -0.39 is 0 Å². The minimum atomic E-state index is 0. The molecule has 0 aromatic carbocycles. The van der Waals surface area contributed by atoms with Gasteiger partial charge in [0.15, 0.2) is 0 Å². The molecule has 2 atom stereocenters. The van der Waals surface area contributed by atoms with Gasteiger partial charge in [-0.05, 0) is 82.2 Å². The molecule has 0 aromatic rings. The van der Waals surface area contributed by atoms with Gasteiger partial charge in [-0.2, -0.15) is 0 Å². The molecule has 0 radical (unpaired) electrons. The lowest BCUT2D eigenvalue weighted by atomic mass is 9.82. The molecule has 2 saturated carbocycles. The van der Waals surface area contributed by atoms with Gasteiger partial charge >= 0.3 is 0 Å². The maximum Gasteiger partial charge on any atom is 0.223 e. The molecule has 1 heterocycles. The zero-order valence-electron chi connectivity index (χ0n) is 15.6. The average molecular weight is 357 g/mol. The second-order valence-corrected chi connectivity index (χ2v) is 8.40. The predicted octanol–water partition coefficient (Wildman–Crippen LogP) is 4.39. The van der Waals surface area contributed by atoms with Crippen LogP contribution in [0.25, 0.3) is 0 Å². The number of nitrogens with zero attached hydrogens (tertiary/aromatic N) is 1. The van der Waals surface area contributed by atoms with Crippen LogP contribution in [0.4, 0.5) is 0 Å². The molecule has 2 unspecified atom stereocenters. The zero-order valence-corrected chi connectivity index (χ0v) is 16.5. The molecule has 0 aromatic heterocycles. The van der Waals surface area contributed by atoms with E-state index in [4.69, 9.17) is 0 Å². The monoisotopic (exact) mass is 356 g/mol. The van der Waals surface area contributed by atoms with E-state index in [1.807, 2.05) is 0 Å². The molecule has 24 heavy (non-hydrogen) atoms. The van der Waals surface area contributed by atoms with E-state index >= 15 is 0 Å². The average Bonchev–Trinajstić information content (AvgIpc) is 3.41. The molecule has 1 aliphatic heterocycles. The van der Waals surface area contributed by atoms with E-state index in [1.165, 1.54) is 57.8 Å². The summed E-state index contributed by atoms with van der Waals surface area (Å²) in [5, 5.41) is 3.50.